The molecule has 2 aromatic rings. The predicted octanol–water partition coefficient (Wildman–Crippen LogP) is 4.26. The van der Waals surface area contributed by atoms with E-state index in [0.29, 0.717) is 17.4 Å². The maximum Gasteiger partial charge on any atom is 0.404 e. The van der Waals surface area contributed by atoms with Crippen molar-refractivity contribution < 1.29 is 21.6 Å². The zero-order valence-corrected chi connectivity index (χ0v) is 17.1. The second-order valence-electron chi connectivity index (χ2n) is 6.97. The Morgan fingerprint density at radius 2 is 1.96 bits per heavy atom. The van der Waals surface area contributed by atoms with E-state index in [1.165, 1.54) is 6.20 Å². The fraction of sp³-hybridized carbons (Fsp3) is 0.556. The molecule has 5 nitrogen and oxygen atoms in total. The van der Waals surface area contributed by atoms with Crippen LogP contribution in [0.2, 0.25) is 0 Å². The van der Waals surface area contributed by atoms with Crippen LogP contribution in [0.1, 0.15) is 43.4 Å². The molecule has 1 aliphatic carbocycles. The largest absolute Gasteiger partial charge is 0.404 e. The Morgan fingerprint density at radius 1 is 1.29 bits per heavy atom. The van der Waals surface area contributed by atoms with Crippen LogP contribution in [0.4, 0.5) is 13.2 Å². The van der Waals surface area contributed by atoms with Crippen molar-refractivity contribution in [3.8, 4) is 11.5 Å². The normalized spacial score (nSPS) is 16.4. The van der Waals surface area contributed by atoms with E-state index in [1.807, 2.05) is 0 Å². The highest BCUT2D eigenvalue weighted by Gasteiger charge is 2.37. The van der Waals surface area contributed by atoms with Crippen molar-refractivity contribution in [3.05, 3.63) is 29.7 Å². The summed E-state index contributed by atoms with van der Waals surface area (Å²) in [6.07, 6.45) is 0.426. The fourth-order valence-electron chi connectivity index (χ4n) is 3.00. The van der Waals surface area contributed by atoms with Gasteiger partial charge in [-0.15, -0.1) is 11.6 Å². The molecule has 154 valence electrons. The summed E-state index contributed by atoms with van der Waals surface area (Å²) < 4.78 is 64.7. The van der Waals surface area contributed by atoms with Crippen LogP contribution in [0.25, 0.3) is 11.5 Å². The van der Waals surface area contributed by atoms with Gasteiger partial charge in [0.2, 0.25) is 0 Å². The van der Waals surface area contributed by atoms with Gasteiger partial charge in [-0.1, -0.05) is 6.92 Å². The van der Waals surface area contributed by atoms with E-state index >= 15 is 0 Å². The number of alkyl halides is 4. The van der Waals surface area contributed by atoms with Crippen molar-refractivity contribution >= 4 is 21.4 Å². The maximum atomic E-state index is 12.6. The monoisotopic (exact) mass is 435 g/mol. The molecule has 2 heterocycles. The molecule has 2 aromatic heterocycles. The van der Waals surface area contributed by atoms with E-state index < -0.39 is 21.4 Å². The van der Waals surface area contributed by atoms with Gasteiger partial charge in [-0.3, -0.25) is 4.98 Å². The molecule has 0 spiro atoms. The van der Waals surface area contributed by atoms with E-state index in [9.17, 15) is 21.6 Å². The van der Waals surface area contributed by atoms with Gasteiger partial charge in [0, 0.05) is 25.1 Å². The second-order valence-corrected chi connectivity index (χ2v) is 9.75. The number of nitrogens with zero attached hydrogens (tertiary/aromatic N) is 3. The zero-order chi connectivity index (χ0) is 20.7. The molecular formula is C18H21ClF3N3O2S. The summed E-state index contributed by atoms with van der Waals surface area (Å²) in [5, 5.41) is -1.95. The molecule has 1 unspecified atom stereocenters. The minimum absolute atomic E-state index is 0.0627. The van der Waals surface area contributed by atoms with Gasteiger partial charge < -0.3 is 4.57 Å². The smallest absolute Gasteiger partial charge is 0.330 e. The van der Waals surface area contributed by atoms with Crippen LogP contribution in [0.3, 0.4) is 0 Å². The standard InChI is InChI=1S/C18H21ClF3N3O2S/c1-3-28(26,27)14-8-12(11-4-5-11)9-23-16(14)17-24-10-13(25(17)2)6-7-15(19)18(20,21)22/h8-11,15H,3-7H2,1-2H3. The van der Waals surface area contributed by atoms with Crippen molar-refractivity contribution in [2.75, 3.05) is 5.75 Å². The number of halogens is 4. The van der Waals surface area contributed by atoms with Crippen molar-refractivity contribution in [1.82, 2.24) is 14.5 Å². The molecule has 10 heteroatoms. The van der Waals surface area contributed by atoms with Gasteiger partial charge >= 0.3 is 6.18 Å². The molecule has 0 amide bonds. The third kappa shape index (κ3) is 4.35. The molecule has 1 fully saturated rings. The molecule has 0 radical (unpaired) electrons. The molecule has 0 aliphatic heterocycles. The number of pyridine rings is 1. The quantitative estimate of drug-likeness (QED) is 0.610. The number of hydrogen-bond acceptors (Lipinski definition) is 4. The zero-order valence-electron chi connectivity index (χ0n) is 15.5. The minimum atomic E-state index is -4.47. The summed E-state index contributed by atoms with van der Waals surface area (Å²) in [4.78, 5) is 8.72. The fourth-order valence-corrected chi connectivity index (χ4v) is 4.17. The molecule has 28 heavy (non-hydrogen) atoms. The Balaban J connectivity index is 1.95. The Kier molecular flexibility index (Phi) is 5.78. The Labute approximate surface area is 166 Å². The average molecular weight is 436 g/mol. The molecule has 1 atom stereocenters. The van der Waals surface area contributed by atoms with Crippen LogP contribution in [0.5, 0.6) is 0 Å². The van der Waals surface area contributed by atoms with E-state index in [0.717, 1.165) is 18.4 Å². The number of sulfone groups is 1. The first kappa shape index (κ1) is 21.1. The number of aromatic nitrogens is 3. The van der Waals surface area contributed by atoms with Crippen molar-refractivity contribution in [3.63, 3.8) is 0 Å². The lowest BCUT2D eigenvalue weighted by Gasteiger charge is -2.14. The average Bonchev–Trinajstić information content (AvgIpc) is 3.42. The molecule has 0 bridgehead atoms. The van der Waals surface area contributed by atoms with E-state index in [1.54, 1.807) is 30.8 Å². The van der Waals surface area contributed by atoms with Gasteiger partial charge in [0.1, 0.15) is 11.1 Å². The lowest BCUT2D eigenvalue weighted by molar-refractivity contribution is -0.131. The SMILES string of the molecule is CCS(=O)(=O)c1cc(C2CC2)cnc1-c1ncc(CCC(Cl)C(F)(F)F)n1C. The van der Waals surface area contributed by atoms with Crippen LogP contribution in [0.15, 0.2) is 23.4 Å². The first-order valence-electron chi connectivity index (χ1n) is 8.99. The minimum Gasteiger partial charge on any atom is -0.330 e. The third-order valence-electron chi connectivity index (χ3n) is 4.94. The summed E-state index contributed by atoms with van der Waals surface area (Å²) in [5.41, 5.74) is 1.64. The highest BCUT2D eigenvalue weighted by Crippen LogP contribution is 2.41. The molecule has 0 N–H and O–H groups in total. The molecule has 3 rings (SSSR count). The van der Waals surface area contributed by atoms with E-state index in [4.69, 9.17) is 11.6 Å². The maximum absolute atomic E-state index is 12.6. The summed E-state index contributed by atoms with van der Waals surface area (Å²) in [5.74, 6) is 0.571. The first-order valence-corrected chi connectivity index (χ1v) is 11.1. The van der Waals surface area contributed by atoms with E-state index in [2.05, 4.69) is 9.97 Å². The van der Waals surface area contributed by atoms with Crippen LogP contribution < -0.4 is 0 Å². The van der Waals surface area contributed by atoms with Gasteiger partial charge in [-0.25, -0.2) is 13.4 Å². The first-order chi connectivity index (χ1) is 13.0. The molecular weight excluding hydrogens is 415 g/mol. The Morgan fingerprint density at radius 3 is 2.54 bits per heavy atom. The number of hydrogen-bond donors (Lipinski definition) is 0. The Hall–Kier alpha value is -1.61. The molecule has 0 saturated heterocycles. The van der Waals surface area contributed by atoms with Gasteiger partial charge in [0.25, 0.3) is 0 Å². The van der Waals surface area contributed by atoms with Crippen LogP contribution in [-0.4, -0.2) is 40.3 Å². The van der Waals surface area contributed by atoms with Crippen molar-refractivity contribution in [2.24, 2.45) is 7.05 Å². The van der Waals surface area contributed by atoms with Gasteiger partial charge in [-0.05, 0) is 43.2 Å². The second kappa shape index (κ2) is 7.67. The van der Waals surface area contributed by atoms with Crippen LogP contribution in [0, 0.1) is 0 Å². The highest BCUT2D eigenvalue weighted by atomic mass is 35.5. The summed E-state index contributed by atoms with van der Waals surface area (Å²) >= 11 is 5.39. The predicted molar refractivity (Wildman–Crippen MR) is 100 cm³/mol. The lowest BCUT2D eigenvalue weighted by atomic mass is 10.1. The summed E-state index contributed by atoms with van der Waals surface area (Å²) in [6.45, 7) is 1.56. The van der Waals surface area contributed by atoms with E-state index in [-0.39, 0.29) is 29.2 Å². The summed E-state index contributed by atoms with van der Waals surface area (Å²) in [7, 11) is -1.91. The highest BCUT2D eigenvalue weighted by molar-refractivity contribution is 7.91. The summed E-state index contributed by atoms with van der Waals surface area (Å²) in [6, 6.07) is 1.66. The molecule has 1 saturated carbocycles. The van der Waals surface area contributed by atoms with Crippen LogP contribution >= 0.6 is 11.6 Å². The van der Waals surface area contributed by atoms with Crippen molar-refractivity contribution in [2.45, 2.75) is 55.0 Å². The number of rotatable bonds is 7. The van der Waals surface area contributed by atoms with Gasteiger partial charge in [-0.2, -0.15) is 13.2 Å². The van der Waals surface area contributed by atoms with Gasteiger partial charge in [0.05, 0.1) is 10.6 Å². The number of imidazole rings is 1. The topological polar surface area (TPSA) is 64.8 Å². The molecule has 0 aromatic carbocycles. The third-order valence-corrected chi connectivity index (χ3v) is 7.15. The molecule has 1 aliphatic rings. The van der Waals surface area contributed by atoms with Crippen molar-refractivity contribution in [1.29, 1.82) is 0 Å². The van der Waals surface area contributed by atoms with Crippen LogP contribution in [-0.2, 0) is 23.3 Å². The number of aryl methyl sites for hydroxylation is 1. The lowest BCUT2D eigenvalue weighted by Crippen LogP contribution is -2.24. The Bertz CT molecular complexity index is 969. The van der Waals surface area contributed by atoms with Gasteiger partial charge in [0.15, 0.2) is 15.7 Å².